The predicted molar refractivity (Wildman–Crippen MR) is 84.8 cm³/mol. The molecule has 0 radical (unpaired) electrons. The van der Waals surface area contributed by atoms with E-state index in [0.29, 0.717) is 26.3 Å². The van der Waals surface area contributed by atoms with Crippen molar-refractivity contribution in [3.05, 3.63) is 16.1 Å². The normalized spacial score (nSPS) is 10.8. The topological polar surface area (TPSA) is 68.7 Å². The van der Waals surface area contributed by atoms with E-state index in [0.717, 1.165) is 11.4 Å². The van der Waals surface area contributed by atoms with Crippen LogP contribution >= 0.6 is 11.3 Å². The number of nitrogens with zero attached hydrogens (tertiary/aromatic N) is 2. The maximum Gasteiger partial charge on any atom is 0.357 e. The molecule has 0 aromatic carbocycles. The van der Waals surface area contributed by atoms with Gasteiger partial charge in [-0.25, -0.2) is 9.78 Å². The SMILES string of the molecule is CCOCCCN(Cc1nc(C(=O)OC)cs1)C(=O)C(C)C. The fourth-order valence-corrected chi connectivity index (χ4v) is 2.66. The molecule has 0 spiro atoms. The van der Waals surface area contributed by atoms with E-state index in [4.69, 9.17) is 4.74 Å². The zero-order chi connectivity index (χ0) is 16.5. The number of carbonyl (C=O) groups is 2. The third-order valence-electron chi connectivity index (χ3n) is 3.00. The van der Waals surface area contributed by atoms with Crippen molar-refractivity contribution >= 4 is 23.2 Å². The Labute approximate surface area is 135 Å². The lowest BCUT2D eigenvalue weighted by Crippen LogP contribution is -2.35. The lowest BCUT2D eigenvalue weighted by Gasteiger charge is -2.23. The summed E-state index contributed by atoms with van der Waals surface area (Å²) in [6.07, 6.45) is 0.779. The van der Waals surface area contributed by atoms with Gasteiger partial charge < -0.3 is 14.4 Å². The molecule has 0 saturated heterocycles. The molecule has 0 aliphatic heterocycles. The molecule has 124 valence electrons. The van der Waals surface area contributed by atoms with E-state index in [2.05, 4.69) is 9.72 Å². The Bertz CT molecular complexity index is 488. The van der Waals surface area contributed by atoms with Crippen LogP contribution in [0.15, 0.2) is 5.38 Å². The quantitative estimate of drug-likeness (QED) is 0.514. The molecule has 0 N–H and O–H groups in total. The summed E-state index contributed by atoms with van der Waals surface area (Å²) in [5, 5.41) is 2.38. The first kappa shape index (κ1) is 18.6. The van der Waals surface area contributed by atoms with Crippen LogP contribution in [0.5, 0.6) is 0 Å². The van der Waals surface area contributed by atoms with Crippen molar-refractivity contribution in [1.82, 2.24) is 9.88 Å². The molecule has 1 rings (SSSR count). The van der Waals surface area contributed by atoms with Crippen molar-refractivity contribution in [1.29, 1.82) is 0 Å². The number of carbonyl (C=O) groups excluding carboxylic acids is 2. The Balaban J connectivity index is 2.68. The molecule has 0 aliphatic rings. The molecule has 0 aliphatic carbocycles. The Morgan fingerprint density at radius 1 is 1.41 bits per heavy atom. The van der Waals surface area contributed by atoms with Crippen molar-refractivity contribution in [3.63, 3.8) is 0 Å². The van der Waals surface area contributed by atoms with Crippen molar-refractivity contribution in [2.24, 2.45) is 5.92 Å². The lowest BCUT2D eigenvalue weighted by molar-refractivity contribution is -0.135. The van der Waals surface area contributed by atoms with Gasteiger partial charge >= 0.3 is 5.97 Å². The minimum Gasteiger partial charge on any atom is -0.464 e. The predicted octanol–water partition coefficient (Wildman–Crippen LogP) is 2.34. The van der Waals surface area contributed by atoms with Crippen LogP contribution in [0, 0.1) is 5.92 Å². The zero-order valence-corrected chi connectivity index (χ0v) is 14.4. The minimum absolute atomic E-state index is 0.0753. The summed E-state index contributed by atoms with van der Waals surface area (Å²) in [6.45, 7) is 8.02. The highest BCUT2D eigenvalue weighted by Gasteiger charge is 2.19. The van der Waals surface area contributed by atoms with Gasteiger partial charge in [0, 0.05) is 31.1 Å². The standard InChI is InChI=1S/C15H24N2O4S/c1-5-21-8-6-7-17(14(18)11(2)3)9-13-16-12(10-22-13)15(19)20-4/h10-11H,5-9H2,1-4H3. The molecule has 0 saturated carbocycles. The lowest BCUT2D eigenvalue weighted by atomic mass is 10.2. The molecule has 1 amide bonds. The van der Waals surface area contributed by atoms with Crippen LogP contribution in [-0.2, 0) is 20.8 Å². The minimum atomic E-state index is -0.458. The summed E-state index contributed by atoms with van der Waals surface area (Å²) in [4.78, 5) is 29.7. The summed E-state index contributed by atoms with van der Waals surface area (Å²) in [5.74, 6) is -0.459. The zero-order valence-electron chi connectivity index (χ0n) is 13.6. The number of hydrogen-bond donors (Lipinski definition) is 0. The monoisotopic (exact) mass is 328 g/mol. The first-order chi connectivity index (χ1) is 10.5. The molecule has 0 unspecified atom stereocenters. The Hall–Kier alpha value is -1.47. The van der Waals surface area contributed by atoms with E-state index < -0.39 is 5.97 Å². The average molecular weight is 328 g/mol. The summed E-state index contributed by atoms with van der Waals surface area (Å²) >= 11 is 1.36. The third kappa shape index (κ3) is 5.73. The van der Waals surface area contributed by atoms with E-state index in [9.17, 15) is 9.59 Å². The maximum absolute atomic E-state index is 12.3. The molecule has 0 bridgehead atoms. The van der Waals surface area contributed by atoms with Gasteiger partial charge in [-0.05, 0) is 13.3 Å². The third-order valence-corrected chi connectivity index (χ3v) is 3.83. The van der Waals surface area contributed by atoms with Crippen molar-refractivity contribution in [2.75, 3.05) is 26.9 Å². The highest BCUT2D eigenvalue weighted by atomic mass is 32.1. The van der Waals surface area contributed by atoms with Crippen LogP contribution in [0.4, 0.5) is 0 Å². The van der Waals surface area contributed by atoms with E-state index in [1.807, 2.05) is 20.8 Å². The first-order valence-corrected chi connectivity index (χ1v) is 8.26. The average Bonchev–Trinajstić information content (AvgIpc) is 2.97. The van der Waals surface area contributed by atoms with Crippen LogP contribution in [-0.4, -0.2) is 48.6 Å². The van der Waals surface area contributed by atoms with Gasteiger partial charge in [0.1, 0.15) is 5.01 Å². The molecule has 1 aromatic rings. The number of rotatable bonds is 9. The number of methoxy groups -OCH3 is 1. The maximum atomic E-state index is 12.3. The van der Waals surface area contributed by atoms with E-state index >= 15 is 0 Å². The Morgan fingerprint density at radius 2 is 2.14 bits per heavy atom. The van der Waals surface area contributed by atoms with Crippen LogP contribution in [0.2, 0.25) is 0 Å². The number of thiazole rings is 1. The fourth-order valence-electron chi connectivity index (χ4n) is 1.88. The molecule has 0 fully saturated rings. The van der Waals surface area contributed by atoms with Crippen LogP contribution < -0.4 is 0 Å². The van der Waals surface area contributed by atoms with Gasteiger partial charge in [0.25, 0.3) is 0 Å². The molecule has 1 heterocycles. The second-order valence-corrected chi connectivity index (χ2v) is 6.03. The Morgan fingerprint density at radius 3 is 2.73 bits per heavy atom. The molecular formula is C15H24N2O4S. The first-order valence-electron chi connectivity index (χ1n) is 7.38. The molecule has 7 heteroatoms. The summed E-state index contributed by atoms with van der Waals surface area (Å²) in [6, 6.07) is 0. The molecular weight excluding hydrogens is 304 g/mol. The van der Waals surface area contributed by atoms with E-state index in [1.54, 1.807) is 10.3 Å². The molecule has 6 nitrogen and oxygen atoms in total. The Kier molecular flexibility index (Phi) is 8.05. The smallest absolute Gasteiger partial charge is 0.357 e. The number of amides is 1. The largest absolute Gasteiger partial charge is 0.464 e. The molecule has 22 heavy (non-hydrogen) atoms. The molecule has 0 atom stereocenters. The fraction of sp³-hybridized carbons (Fsp3) is 0.667. The van der Waals surface area contributed by atoms with Gasteiger partial charge in [-0.1, -0.05) is 13.8 Å². The number of esters is 1. The van der Waals surface area contributed by atoms with Gasteiger partial charge in [-0.15, -0.1) is 11.3 Å². The summed E-state index contributed by atoms with van der Waals surface area (Å²) in [7, 11) is 1.32. The number of hydrogen-bond acceptors (Lipinski definition) is 6. The second-order valence-electron chi connectivity index (χ2n) is 5.08. The number of ether oxygens (including phenoxy) is 2. The van der Waals surface area contributed by atoms with Crippen molar-refractivity contribution < 1.29 is 19.1 Å². The highest BCUT2D eigenvalue weighted by molar-refractivity contribution is 7.09. The van der Waals surface area contributed by atoms with Gasteiger partial charge in [-0.3, -0.25) is 4.79 Å². The van der Waals surface area contributed by atoms with Crippen LogP contribution in [0.1, 0.15) is 42.7 Å². The van der Waals surface area contributed by atoms with Gasteiger partial charge in [0.05, 0.1) is 13.7 Å². The highest BCUT2D eigenvalue weighted by Crippen LogP contribution is 2.15. The van der Waals surface area contributed by atoms with Gasteiger partial charge in [0.2, 0.25) is 5.91 Å². The number of aromatic nitrogens is 1. The van der Waals surface area contributed by atoms with Crippen molar-refractivity contribution in [2.45, 2.75) is 33.7 Å². The second kappa shape index (κ2) is 9.53. The van der Waals surface area contributed by atoms with Gasteiger partial charge in [0.15, 0.2) is 5.69 Å². The van der Waals surface area contributed by atoms with Crippen molar-refractivity contribution in [3.8, 4) is 0 Å². The summed E-state index contributed by atoms with van der Waals surface area (Å²) in [5.41, 5.74) is 0.286. The van der Waals surface area contributed by atoms with E-state index in [-0.39, 0.29) is 17.5 Å². The van der Waals surface area contributed by atoms with Crippen LogP contribution in [0.3, 0.4) is 0 Å². The van der Waals surface area contributed by atoms with Gasteiger partial charge in [-0.2, -0.15) is 0 Å². The van der Waals surface area contributed by atoms with E-state index in [1.165, 1.54) is 18.4 Å². The van der Waals surface area contributed by atoms with Crippen LogP contribution in [0.25, 0.3) is 0 Å². The molecule has 1 aromatic heterocycles. The summed E-state index contributed by atoms with van der Waals surface area (Å²) < 4.78 is 9.95.